The molecule has 1 aromatic rings. The Bertz CT molecular complexity index is 160. The highest BCUT2D eigenvalue weighted by molar-refractivity contribution is 5.40. The van der Waals surface area contributed by atoms with Crippen LogP contribution in [0.3, 0.4) is 0 Å². The van der Waals surface area contributed by atoms with Gasteiger partial charge in [0.2, 0.25) is 0 Å². The number of anilines is 1. The lowest BCUT2D eigenvalue weighted by molar-refractivity contribution is 0.984. The molecule has 0 saturated carbocycles. The van der Waals surface area contributed by atoms with E-state index in [4.69, 9.17) is 0 Å². The van der Waals surface area contributed by atoms with Crippen molar-refractivity contribution in [3.63, 3.8) is 0 Å². The van der Waals surface area contributed by atoms with E-state index in [0.717, 1.165) is 5.69 Å². The highest BCUT2D eigenvalue weighted by Gasteiger charge is 1.81. The molecule has 9 heavy (non-hydrogen) atoms. The molecule has 0 fully saturated rings. The molecule has 1 aromatic carbocycles. The van der Waals surface area contributed by atoms with Crippen LogP contribution in [0.25, 0.3) is 0 Å². The van der Waals surface area contributed by atoms with Crippen LogP contribution in [0, 0.1) is 0 Å². The number of para-hydroxylation sites is 1. The van der Waals surface area contributed by atoms with Crippen molar-refractivity contribution < 1.29 is 0 Å². The van der Waals surface area contributed by atoms with Crippen molar-refractivity contribution in [2.75, 3.05) is 12.5 Å². The molecule has 0 aliphatic heterocycles. The van der Waals surface area contributed by atoms with E-state index in [9.17, 15) is 0 Å². The van der Waals surface area contributed by atoms with Crippen LogP contribution in [0.1, 0.15) is 0 Å². The van der Waals surface area contributed by atoms with Gasteiger partial charge in [0, 0.05) is 12.7 Å². The molecule has 0 spiro atoms. The van der Waals surface area contributed by atoms with E-state index in [-0.39, 0.29) is 0 Å². The van der Waals surface area contributed by atoms with Crippen molar-refractivity contribution in [1.29, 1.82) is 0 Å². The highest BCUT2D eigenvalue weighted by Crippen LogP contribution is 2.01. The van der Waals surface area contributed by atoms with E-state index in [0.29, 0.717) is 0 Å². The summed E-state index contributed by atoms with van der Waals surface area (Å²) in [4.78, 5) is 0. The van der Waals surface area contributed by atoms with Gasteiger partial charge in [-0.1, -0.05) is 18.2 Å². The van der Waals surface area contributed by atoms with Gasteiger partial charge in [0.25, 0.3) is 0 Å². The van der Waals surface area contributed by atoms with Crippen molar-refractivity contribution >= 4 is 5.69 Å². The summed E-state index contributed by atoms with van der Waals surface area (Å²) in [5.41, 5.74) is 6.87. The monoisotopic (exact) mass is 122 g/mol. The SMILES string of the molecule is CNNc1ccccc1. The molecule has 2 nitrogen and oxygen atoms in total. The molecule has 0 aromatic heterocycles. The van der Waals surface area contributed by atoms with E-state index in [1.807, 2.05) is 37.4 Å². The zero-order valence-electron chi connectivity index (χ0n) is 5.39. The van der Waals surface area contributed by atoms with E-state index in [2.05, 4.69) is 10.9 Å². The van der Waals surface area contributed by atoms with E-state index in [1.165, 1.54) is 0 Å². The zero-order chi connectivity index (χ0) is 6.53. The molecule has 0 atom stereocenters. The minimum absolute atomic E-state index is 1.08. The summed E-state index contributed by atoms with van der Waals surface area (Å²) in [6, 6.07) is 9.95. The average Bonchev–Trinajstić information content (AvgIpc) is 1.91. The third-order valence-electron chi connectivity index (χ3n) is 1.04. The Kier molecular flexibility index (Phi) is 2.10. The predicted molar refractivity (Wildman–Crippen MR) is 39.1 cm³/mol. The Morgan fingerprint density at radius 2 is 1.78 bits per heavy atom. The first-order chi connectivity index (χ1) is 4.43. The Morgan fingerprint density at radius 1 is 1.11 bits per heavy atom. The van der Waals surface area contributed by atoms with Gasteiger partial charge in [0.1, 0.15) is 0 Å². The van der Waals surface area contributed by atoms with Gasteiger partial charge < -0.3 is 5.43 Å². The normalized spacial score (nSPS) is 9.00. The Labute approximate surface area is 54.9 Å². The molecule has 2 N–H and O–H groups in total. The van der Waals surface area contributed by atoms with Crippen molar-refractivity contribution in [3.8, 4) is 0 Å². The number of hydrogen-bond donors (Lipinski definition) is 2. The van der Waals surface area contributed by atoms with Gasteiger partial charge in [0.05, 0.1) is 0 Å². The summed E-state index contributed by atoms with van der Waals surface area (Å²) < 4.78 is 0. The molecule has 0 aliphatic rings. The summed E-state index contributed by atoms with van der Waals surface area (Å²) in [6.07, 6.45) is 0. The second-order valence-electron chi connectivity index (χ2n) is 1.74. The van der Waals surface area contributed by atoms with Crippen LogP contribution in [0.5, 0.6) is 0 Å². The molecular weight excluding hydrogens is 112 g/mol. The third kappa shape index (κ3) is 1.74. The fourth-order valence-corrected chi connectivity index (χ4v) is 0.666. The number of hydrazine groups is 1. The number of rotatable bonds is 2. The second-order valence-corrected chi connectivity index (χ2v) is 1.74. The molecule has 0 heterocycles. The largest absolute Gasteiger partial charge is 0.322 e. The van der Waals surface area contributed by atoms with Crippen molar-refractivity contribution in [2.45, 2.75) is 0 Å². The minimum atomic E-state index is 1.08. The quantitative estimate of drug-likeness (QED) is 0.576. The minimum Gasteiger partial charge on any atom is -0.322 e. The van der Waals surface area contributed by atoms with Crippen LogP contribution in [-0.4, -0.2) is 7.05 Å². The Morgan fingerprint density at radius 3 is 2.33 bits per heavy atom. The van der Waals surface area contributed by atoms with Crippen molar-refractivity contribution in [2.24, 2.45) is 0 Å². The number of benzene rings is 1. The van der Waals surface area contributed by atoms with Crippen molar-refractivity contribution in [1.82, 2.24) is 5.43 Å². The maximum absolute atomic E-state index is 2.96. The van der Waals surface area contributed by atoms with Gasteiger partial charge in [0.15, 0.2) is 0 Å². The lowest BCUT2D eigenvalue weighted by Gasteiger charge is -2.00. The first-order valence-corrected chi connectivity index (χ1v) is 2.91. The average molecular weight is 122 g/mol. The summed E-state index contributed by atoms with van der Waals surface area (Å²) >= 11 is 0. The molecule has 0 unspecified atom stereocenters. The highest BCUT2D eigenvalue weighted by atomic mass is 15.3. The number of nitrogens with one attached hydrogen (secondary N) is 2. The topological polar surface area (TPSA) is 24.1 Å². The predicted octanol–water partition coefficient (Wildman–Crippen LogP) is 1.23. The summed E-state index contributed by atoms with van der Waals surface area (Å²) in [6.45, 7) is 0. The van der Waals surface area contributed by atoms with Gasteiger partial charge >= 0.3 is 0 Å². The van der Waals surface area contributed by atoms with Gasteiger partial charge in [-0.05, 0) is 12.1 Å². The van der Waals surface area contributed by atoms with Crippen LogP contribution in [0.15, 0.2) is 30.3 Å². The molecule has 0 aliphatic carbocycles. The van der Waals surface area contributed by atoms with Crippen LogP contribution in [0.4, 0.5) is 5.69 Å². The number of hydrogen-bond acceptors (Lipinski definition) is 2. The van der Waals surface area contributed by atoms with Crippen LogP contribution >= 0.6 is 0 Å². The summed E-state index contributed by atoms with van der Waals surface area (Å²) in [7, 11) is 1.84. The van der Waals surface area contributed by atoms with Gasteiger partial charge in [-0.15, -0.1) is 0 Å². The van der Waals surface area contributed by atoms with Crippen LogP contribution in [-0.2, 0) is 0 Å². The maximum Gasteiger partial charge on any atom is 0.0487 e. The Balaban J connectivity index is 2.61. The fourth-order valence-electron chi connectivity index (χ4n) is 0.666. The standard InChI is InChI=1S/C7H10N2/c1-8-9-7-5-3-2-4-6-7/h2-6,8-9H,1H3. The van der Waals surface area contributed by atoms with E-state index in [1.54, 1.807) is 0 Å². The zero-order valence-corrected chi connectivity index (χ0v) is 5.39. The van der Waals surface area contributed by atoms with E-state index < -0.39 is 0 Å². The molecule has 0 bridgehead atoms. The van der Waals surface area contributed by atoms with E-state index >= 15 is 0 Å². The maximum atomic E-state index is 2.96. The first-order valence-electron chi connectivity index (χ1n) is 2.91. The lowest BCUT2D eigenvalue weighted by Crippen LogP contribution is -2.14. The smallest absolute Gasteiger partial charge is 0.0487 e. The summed E-state index contributed by atoms with van der Waals surface area (Å²) in [5.74, 6) is 0. The molecule has 0 saturated heterocycles. The second kappa shape index (κ2) is 3.10. The molecular formula is C7H10N2. The molecule has 0 amide bonds. The fraction of sp³-hybridized carbons (Fsp3) is 0.143. The Hall–Kier alpha value is -1.02. The van der Waals surface area contributed by atoms with Crippen LogP contribution < -0.4 is 10.9 Å². The molecule has 1 rings (SSSR count). The van der Waals surface area contributed by atoms with Crippen LogP contribution in [0.2, 0.25) is 0 Å². The third-order valence-corrected chi connectivity index (χ3v) is 1.04. The van der Waals surface area contributed by atoms with Gasteiger partial charge in [-0.2, -0.15) is 0 Å². The van der Waals surface area contributed by atoms with Crippen molar-refractivity contribution in [3.05, 3.63) is 30.3 Å². The summed E-state index contributed by atoms with van der Waals surface area (Å²) in [5, 5.41) is 0. The first kappa shape index (κ1) is 6.11. The molecule has 2 heteroatoms. The molecule has 0 radical (unpaired) electrons. The van der Waals surface area contributed by atoms with Gasteiger partial charge in [-0.25, -0.2) is 5.43 Å². The lowest BCUT2D eigenvalue weighted by atomic mass is 10.3. The molecule has 48 valence electrons. The van der Waals surface area contributed by atoms with Gasteiger partial charge in [-0.3, -0.25) is 0 Å².